The fourth-order valence-corrected chi connectivity index (χ4v) is 7.11. The molecule has 2 atom stereocenters. The van der Waals surface area contributed by atoms with E-state index in [1.807, 2.05) is 72.4 Å². The molecule has 0 radical (unpaired) electrons. The third-order valence-electron chi connectivity index (χ3n) is 8.17. The van der Waals surface area contributed by atoms with E-state index in [0.717, 1.165) is 52.7 Å². The Labute approximate surface area is 262 Å². The van der Waals surface area contributed by atoms with Gasteiger partial charge in [-0.25, -0.2) is 4.98 Å². The quantitative estimate of drug-likeness (QED) is 0.121. The van der Waals surface area contributed by atoms with E-state index in [1.54, 1.807) is 0 Å². The number of nitrogens with zero attached hydrogens (tertiary/aromatic N) is 1. The van der Waals surface area contributed by atoms with E-state index in [2.05, 4.69) is 30.3 Å². The summed E-state index contributed by atoms with van der Waals surface area (Å²) in [5, 5.41) is 12.6. The van der Waals surface area contributed by atoms with Gasteiger partial charge in [0.05, 0.1) is 24.7 Å². The summed E-state index contributed by atoms with van der Waals surface area (Å²) in [6.45, 7) is 1.53. The molecule has 0 unspecified atom stereocenters. The van der Waals surface area contributed by atoms with Gasteiger partial charge in [0, 0.05) is 21.4 Å². The molecule has 0 saturated heterocycles. The maximum absolute atomic E-state index is 12.1. The van der Waals surface area contributed by atoms with Gasteiger partial charge >= 0.3 is 5.97 Å². The molecule has 0 aliphatic heterocycles. The van der Waals surface area contributed by atoms with Crippen molar-refractivity contribution in [2.75, 3.05) is 12.9 Å². The van der Waals surface area contributed by atoms with Gasteiger partial charge in [0.1, 0.15) is 5.60 Å². The van der Waals surface area contributed by atoms with Gasteiger partial charge in [-0.2, -0.15) is 11.8 Å². The first-order chi connectivity index (χ1) is 20.7. The van der Waals surface area contributed by atoms with Crippen molar-refractivity contribution < 1.29 is 19.4 Å². The lowest BCUT2D eigenvalue weighted by Gasteiger charge is -2.24. The Morgan fingerprint density at radius 2 is 1.88 bits per heavy atom. The molecule has 222 valence electrons. The lowest BCUT2D eigenvalue weighted by molar-refractivity contribution is -0.141. The summed E-state index contributed by atoms with van der Waals surface area (Å²) in [4.78, 5) is 28.5. The molecule has 4 aromatic rings. The normalized spacial score (nSPS) is 16.1. The van der Waals surface area contributed by atoms with Crippen LogP contribution < -0.4 is 0 Å². The van der Waals surface area contributed by atoms with Crippen LogP contribution in [0.1, 0.15) is 65.8 Å². The second-order valence-electron chi connectivity index (χ2n) is 11.6. The molecule has 5 nitrogen and oxygen atoms in total. The summed E-state index contributed by atoms with van der Waals surface area (Å²) in [7, 11) is 1.45. The number of pyridine rings is 1. The number of halogens is 1. The number of hydrogen-bond donors (Lipinski definition) is 1. The van der Waals surface area contributed by atoms with Gasteiger partial charge in [-0.1, -0.05) is 78.3 Å². The lowest BCUT2D eigenvalue weighted by atomic mass is 9.90. The zero-order valence-electron chi connectivity index (χ0n) is 24.5. The van der Waals surface area contributed by atoms with Gasteiger partial charge in [-0.15, -0.1) is 0 Å². The highest BCUT2D eigenvalue weighted by molar-refractivity contribution is 7.99. The van der Waals surface area contributed by atoms with Crippen LogP contribution in [0.15, 0.2) is 78.9 Å². The molecule has 5 rings (SSSR count). The van der Waals surface area contributed by atoms with Gasteiger partial charge in [-0.3, -0.25) is 9.59 Å². The molecule has 43 heavy (non-hydrogen) atoms. The number of ether oxygens (including phenoxy) is 1. The number of carbonyl (C=O) groups excluding carboxylic acids is 2. The van der Waals surface area contributed by atoms with Crippen molar-refractivity contribution in [2.45, 2.75) is 49.9 Å². The number of carbonyl (C=O) groups is 2. The van der Waals surface area contributed by atoms with Crippen LogP contribution in [0.4, 0.5) is 0 Å². The third-order valence-corrected chi connectivity index (χ3v) is 10.1. The number of benzene rings is 3. The highest BCUT2D eigenvalue weighted by Crippen LogP contribution is 2.53. The number of fused-ring (bicyclic) bond motifs is 1. The number of aliphatic hydroxyl groups is 1. The summed E-state index contributed by atoms with van der Waals surface area (Å²) in [5.74, 6) is 0.709. The summed E-state index contributed by atoms with van der Waals surface area (Å²) in [6.07, 6.45) is 8.68. The van der Waals surface area contributed by atoms with E-state index >= 15 is 0 Å². The Hall–Kier alpha value is -3.45. The van der Waals surface area contributed by atoms with E-state index in [9.17, 15) is 14.7 Å². The van der Waals surface area contributed by atoms with Crippen LogP contribution in [-0.2, 0) is 26.3 Å². The number of aldehydes is 1. The van der Waals surface area contributed by atoms with Crippen molar-refractivity contribution in [2.24, 2.45) is 5.41 Å². The van der Waals surface area contributed by atoms with E-state index < -0.39 is 5.60 Å². The van der Waals surface area contributed by atoms with Crippen molar-refractivity contribution in [3.63, 3.8) is 0 Å². The largest absolute Gasteiger partial charge is 0.469 e. The highest BCUT2D eigenvalue weighted by Gasteiger charge is 2.45. The molecule has 0 spiro atoms. The second-order valence-corrected chi connectivity index (χ2v) is 13.2. The van der Waals surface area contributed by atoms with Crippen LogP contribution >= 0.6 is 23.4 Å². The van der Waals surface area contributed by atoms with E-state index in [0.29, 0.717) is 29.7 Å². The number of methoxy groups -OCH3 is 1. The topological polar surface area (TPSA) is 76.5 Å². The molecule has 1 saturated carbocycles. The first kappa shape index (κ1) is 31.0. The van der Waals surface area contributed by atoms with Gasteiger partial charge in [0.15, 0.2) is 6.29 Å². The van der Waals surface area contributed by atoms with Gasteiger partial charge < -0.3 is 9.84 Å². The van der Waals surface area contributed by atoms with Gasteiger partial charge in [0.2, 0.25) is 0 Å². The molecular formula is C36H36ClNO4S. The minimum absolute atomic E-state index is 0.00271. The van der Waals surface area contributed by atoms with Gasteiger partial charge in [0.25, 0.3) is 0 Å². The molecule has 1 aromatic heterocycles. The van der Waals surface area contributed by atoms with Crippen LogP contribution in [0.3, 0.4) is 0 Å². The number of aromatic nitrogens is 1. The number of thioether (sulfide) groups is 1. The molecule has 0 bridgehead atoms. The highest BCUT2D eigenvalue weighted by atomic mass is 35.5. The second kappa shape index (κ2) is 13.5. The van der Waals surface area contributed by atoms with Crippen LogP contribution in [-0.4, -0.2) is 35.2 Å². The predicted molar refractivity (Wildman–Crippen MR) is 176 cm³/mol. The average Bonchev–Trinajstić information content (AvgIpc) is 3.79. The van der Waals surface area contributed by atoms with Crippen molar-refractivity contribution >= 4 is 58.7 Å². The van der Waals surface area contributed by atoms with E-state index in [-0.39, 0.29) is 16.6 Å². The molecule has 1 aliphatic rings. The smallest absolute Gasteiger partial charge is 0.306 e. The van der Waals surface area contributed by atoms with E-state index in [4.69, 9.17) is 21.3 Å². The summed E-state index contributed by atoms with van der Waals surface area (Å²) < 4.78 is 4.97. The maximum Gasteiger partial charge on any atom is 0.306 e. The SMILES string of the molecule is COC(=O)CC1(CS[C@H](CCc2ccccc2[C@@](C)(O)C=O)c2cccc(/C=C/c3ccc4ccc(Cl)cc4n3)c2)CC1. The zero-order valence-corrected chi connectivity index (χ0v) is 26.0. The van der Waals surface area contributed by atoms with Gasteiger partial charge in [-0.05, 0) is 84.6 Å². The monoisotopic (exact) mass is 613 g/mol. The molecule has 0 amide bonds. The molecule has 3 aromatic carbocycles. The number of esters is 1. The number of hydrogen-bond acceptors (Lipinski definition) is 6. The third kappa shape index (κ3) is 7.94. The van der Waals surface area contributed by atoms with Crippen LogP contribution in [0.25, 0.3) is 23.1 Å². The molecular weight excluding hydrogens is 578 g/mol. The average molecular weight is 614 g/mol. The Morgan fingerprint density at radius 1 is 1.09 bits per heavy atom. The predicted octanol–water partition coefficient (Wildman–Crippen LogP) is 8.22. The molecule has 1 aliphatic carbocycles. The number of rotatable bonds is 13. The Morgan fingerprint density at radius 3 is 2.65 bits per heavy atom. The summed E-state index contributed by atoms with van der Waals surface area (Å²) in [6, 6.07) is 25.9. The maximum atomic E-state index is 12.1. The Balaban J connectivity index is 1.38. The minimum Gasteiger partial charge on any atom is -0.469 e. The van der Waals surface area contributed by atoms with Crippen molar-refractivity contribution in [3.05, 3.63) is 112 Å². The van der Waals surface area contributed by atoms with Crippen LogP contribution in [0, 0.1) is 5.41 Å². The van der Waals surface area contributed by atoms with Crippen LogP contribution in [0.2, 0.25) is 5.02 Å². The summed E-state index contributed by atoms with van der Waals surface area (Å²) in [5.41, 5.74) is 4.02. The minimum atomic E-state index is -1.54. The molecule has 7 heteroatoms. The molecule has 1 N–H and O–H groups in total. The first-order valence-electron chi connectivity index (χ1n) is 14.5. The number of aryl methyl sites for hydroxylation is 1. The van der Waals surface area contributed by atoms with E-state index in [1.165, 1.54) is 19.6 Å². The van der Waals surface area contributed by atoms with Crippen LogP contribution in [0.5, 0.6) is 0 Å². The molecule has 1 heterocycles. The lowest BCUT2D eigenvalue weighted by Crippen LogP contribution is -2.24. The Bertz CT molecular complexity index is 1650. The molecule has 1 fully saturated rings. The van der Waals surface area contributed by atoms with Crippen molar-refractivity contribution in [1.82, 2.24) is 4.98 Å². The summed E-state index contributed by atoms with van der Waals surface area (Å²) >= 11 is 8.05. The van der Waals surface area contributed by atoms with Crippen molar-refractivity contribution in [1.29, 1.82) is 0 Å². The standard InChI is InChI=1S/C36H36ClNO4S/c1-35(41,23-39)31-9-4-3-7-26(31)13-17-33(43-24-36(18-19-36)22-34(40)42-2)28-8-5-6-25(20-28)10-15-30-16-12-27-11-14-29(37)21-32(27)38-30/h3-12,14-16,20-21,23,33,41H,13,17-19,22,24H2,1-2H3/b15-10+/t33-,35+/m1/s1. The Kier molecular flexibility index (Phi) is 9.70. The zero-order chi connectivity index (χ0) is 30.5. The fraction of sp³-hybridized carbons (Fsp3) is 0.306. The fourth-order valence-electron chi connectivity index (χ4n) is 5.38. The van der Waals surface area contributed by atoms with Crippen molar-refractivity contribution in [3.8, 4) is 0 Å². The first-order valence-corrected chi connectivity index (χ1v) is 15.9.